The number of rotatable bonds is 2. The number of nitrogens with zero attached hydrogens (tertiary/aromatic N) is 1. The van der Waals surface area contributed by atoms with E-state index in [2.05, 4.69) is 15.3 Å². The highest BCUT2D eigenvalue weighted by Crippen LogP contribution is 2.18. The lowest BCUT2D eigenvalue weighted by molar-refractivity contribution is 0.374. The Labute approximate surface area is 95.5 Å². The molecule has 0 radical (unpaired) electrons. The lowest BCUT2D eigenvalue weighted by Gasteiger charge is -2.23. The third-order valence-corrected chi connectivity index (χ3v) is 3.34. The van der Waals surface area contributed by atoms with Crippen LogP contribution >= 0.6 is 0 Å². The van der Waals surface area contributed by atoms with Gasteiger partial charge in [0.15, 0.2) is 0 Å². The van der Waals surface area contributed by atoms with Crippen LogP contribution < -0.4 is 11.0 Å². The minimum Gasteiger partial charge on any atom is -0.316 e. The van der Waals surface area contributed by atoms with Crippen LogP contribution in [0, 0.1) is 19.8 Å². The van der Waals surface area contributed by atoms with E-state index >= 15 is 0 Å². The van der Waals surface area contributed by atoms with E-state index in [0.717, 1.165) is 30.9 Å². The topological polar surface area (TPSA) is 57.8 Å². The van der Waals surface area contributed by atoms with E-state index in [9.17, 15) is 4.79 Å². The second-order valence-electron chi connectivity index (χ2n) is 4.65. The molecule has 1 fully saturated rings. The predicted octanol–water partition coefficient (Wildman–Crippen LogP) is 0.929. The summed E-state index contributed by atoms with van der Waals surface area (Å²) in [4.78, 5) is 17.9. The standard InChI is InChI=1S/C12H19N3O/c1-8-11(9(2)15-12(16)14-8)6-10-4-3-5-13-7-10/h10,13H,3-7H2,1-2H3,(H,14,15,16). The number of aromatic amines is 1. The van der Waals surface area contributed by atoms with Gasteiger partial charge in [-0.3, -0.25) is 0 Å². The summed E-state index contributed by atoms with van der Waals surface area (Å²) in [6.45, 7) is 6.10. The second-order valence-corrected chi connectivity index (χ2v) is 4.65. The van der Waals surface area contributed by atoms with Gasteiger partial charge in [-0.1, -0.05) is 0 Å². The first-order chi connectivity index (χ1) is 7.66. The molecule has 88 valence electrons. The summed E-state index contributed by atoms with van der Waals surface area (Å²) in [7, 11) is 0. The average Bonchev–Trinajstić information content (AvgIpc) is 2.25. The maximum atomic E-state index is 11.2. The van der Waals surface area contributed by atoms with Crippen LogP contribution in [-0.2, 0) is 6.42 Å². The third kappa shape index (κ3) is 2.50. The molecule has 0 aliphatic carbocycles. The van der Waals surface area contributed by atoms with E-state index in [1.165, 1.54) is 18.4 Å². The zero-order valence-corrected chi connectivity index (χ0v) is 9.97. The van der Waals surface area contributed by atoms with Gasteiger partial charge in [-0.2, -0.15) is 4.98 Å². The van der Waals surface area contributed by atoms with Crippen molar-refractivity contribution in [1.29, 1.82) is 0 Å². The zero-order valence-electron chi connectivity index (χ0n) is 9.97. The largest absolute Gasteiger partial charge is 0.345 e. The van der Waals surface area contributed by atoms with Crippen LogP contribution in [-0.4, -0.2) is 23.1 Å². The lowest BCUT2D eigenvalue weighted by atomic mass is 9.91. The minimum atomic E-state index is -0.236. The smallest absolute Gasteiger partial charge is 0.316 e. The zero-order chi connectivity index (χ0) is 11.5. The Morgan fingerprint density at radius 3 is 2.88 bits per heavy atom. The quantitative estimate of drug-likeness (QED) is 0.781. The molecule has 1 aromatic rings. The molecule has 0 spiro atoms. The number of piperidine rings is 1. The van der Waals surface area contributed by atoms with Crippen molar-refractivity contribution in [2.24, 2.45) is 5.92 Å². The lowest BCUT2D eigenvalue weighted by Crippen LogP contribution is -2.31. The summed E-state index contributed by atoms with van der Waals surface area (Å²) in [5.74, 6) is 0.679. The first kappa shape index (κ1) is 11.3. The van der Waals surface area contributed by atoms with Crippen molar-refractivity contribution < 1.29 is 0 Å². The second kappa shape index (κ2) is 4.78. The Bertz CT molecular complexity index is 393. The maximum absolute atomic E-state index is 11.2. The van der Waals surface area contributed by atoms with Gasteiger partial charge in [0.25, 0.3) is 0 Å². The fourth-order valence-electron chi connectivity index (χ4n) is 2.44. The van der Waals surface area contributed by atoms with Crippen molar-refractivity contribution in [3.8, 4) is 0 Å². The molecular weight excluding hydrogens is 202 g/mol. The molecule has 2 N–H and O–H groups in total. The summed E-state index contributed by atoms with van der Waals surface area (Å²) in [6, 6.07) is 0. The highest BCUT2D eigenvalue weighted by molar-refractivity contribution is 5.23. The Balaban J connectivity index is 2.17. The number of aromatic nitrogens is 2. The summed E-state index contributed by atoms with van der Waals surface area (Å²) in [6.07, 6.45) is 3.54. The molecule has 0 aromatic carbocycles. The molecule has 0 amide bonds. The molecule has 0 saturated carbocycles. The third-order valence-electron chi connectivity index (χ3n) is 3.34. The molecule has 2 heterocycles. The van der Waals surface area contributed by atoms with Gasteiger partial charge in [0.2, 0.25) is 0 Å². The van der Waals surface area contributed by atoms with Gasteiger partial charge >= 0.3 is 5.69 Å². The molecule has 4 heteroatoms. The number of H-pyrrole nitrogens is 1. The molecule has 1 saturated heterocycles. The molecular formula is C12H19N3O. The molecule has 0 bridgehead atoms. The van der Waals surface area contributed by atoms with Gasteiger partial charge in [-0.15, -0.1) is 0 Å². The molecule has 1 unspecified atom stereocenters. The SMILES string of the molecule is Cc1nc(=O)[nH]c(C)c1CC1CCCNC1. The van der Waals surface area contributed by atoms with Gasteiger partial charge in [-0.25, -0.2) is 4.79 Å². The van der Waals surface area contributed by atoms with E-state index in [1.54, 1.807) is 0 Å². The first-order valence-corrected chi connectivity index (χ1v) is 5.94. The van der Waals surface area contributed by atoms with Crippen LogP contribution in [0.1, 0.15) is 29.8 Å². The van der Waals surface area contributed by atoms with Crippen LogP contribution in [0.15, 0.2) is 4.79 Å². The van der Waals surface area contributed by atoms with Gasteiger partial charge in [0.1, 0.15) is 0 Å². The molecule has 1 aliphatic heterocycles. The van der Waals surface area contributed by atoms with Gasteiger partial charge in [0, 0.05) is 11.4 Å². The van der Waals surface area contributed by atoms with Crippen LogP contribution in [0.3, 0.4) is 0 Å². The average molecular weight is 221 g/mol. The fraction of sp³-hybridized carbons (Fsp3) is 0.667. The van der Waals surface area contributed by atoms with Gasteiger partial charge in [-0.05, 0) is 57.7 Å². The van der Waals surface area contributed by atoms with E-state index in [4.69, 9.17) is 0 Å². The number of aryl methyl sites for hydroxylation is 2. The van der Waals surface area contributed by atoms with Crippen LogP contribution in [0.5, 0.6) is 0 Å². The van der Waals surface area contributed by atoms with Crippen molar-refractivity contribution in [1.82, 2.24) is 15.3 Å². The highest BCUT2D eigenvalue weighted by atomic mass is 16.1. The molecule has 4 nitrogen and oxygen atoms in total. The van der Waals surface area contributed by atoms with Crippen LogP contribution in [0.4, 0.5) is 0 Å². The monoisotopic (exact) mass is 221 g/mol. The molecule has 1 aliphatic rings. The van der Waals surface area contributed by atoms with E-state index in [0.29, 0.717) is 5.92 Å². The Hall–Kier alpha value is -1.16. The summed E-state index contributed by atoms with van der Waals surface area (Å²) < 4.78 is 0. The fourth-order valence-corrected chi connectivity index (χ4v) is 2.44. The van der Waals surface area contributed by atoms with Crippen molar-refractivity contribution in [2.75, 3.05) is 13.1 Å². The van der Waals surface area contributed by atoms with Crippen molar-refractivity contribution in [3.05, 3.63) is 27.4 Å². The van der Waals surface area contributed by atoms with Crippen molar-refractivity contribution in [2.45, 2.75) is 33.1 Å². The summed E-state index contributed by atoms with van der Waals surface area (Å²) in [5, 5.41) is 3.41. The summed E-state index contributed by atoms with van der Waals surface area (Å²) in [5.41, 5.74) is 2.84. The van der Waals surface area contributed by atoms with Crippen molar-refractivity contribution >= 4 is 0 Å². The van der Waals surface area contributed by atoms with Crippen LogP contribution in [0.25, 0.3) is 0 Å². The minimum absolute atomic E-state index is 0.236. The summed E-state index contributed by atoms with van der Waals surface area (Å²) >= 11 is 0. The van der Waals surface area contributed by atoms with Gasteiger partial charge in [0.05, 0.1) is 0 Å². The highest BCUT2D eigenvalue weighted by Gasteiger charge is 2.16. The number of nitrogens with one attached hydrogen (secondary N) is 2. The Kier molecular flexibility index (Phi) is 3.39. The van der Waals surface area contributed by atoms with E-state index in [-0.39, 0.29) is 5.69 Å². The Morgan fingerprint density at radius 1 is 1.44 bits per heavy atom. The van der Waals surface area contributed by atoms with Crippen LogP contribution in [0.2, 0.25) is 0 Å². The number of hydrogen-bond donors (Lipinski definition) is 2. The number of hydrogen-bond acceptors (Lipinski definition) is 3. The molecule has 2 rings (SSSR count). The maximum Gasteiger partial charge on any atom is 0.345 e. The predicted molar refractivity (Wildman–Crippen MR) is 63.6 cm³/mol. The van der Waals surface area contributed by atoms with Gasteiger partial charge < -0.3 is 10.3 Å². The first-order valence-electron chi connectivity index (χ1n) is 5.94. The van der Waals surface area contributed by atoms with E-state index in [1.807, 2.05) is 13.8 Å². The molecule has 16 heavy (non-hydrogen) atoms. The van der Waals surface area contributed by atoms with Crippen molar-refractivity contribution in [3.63, 3.8) is 0 Å². The normalized spacial score (nSPS) is 21.0. The van der Waals surface area contributed by atoms with E-state index < -0.39 is 0 Å². The molecule has 1 aromatic heterocycles. The Morgan fingerprint density at radius 2 is 2.25 bits per heavy atom. The molecule has 1 atom stereocenters.